The van der Waals surface area contributed by atoms with Gasteiger partial charge < -0.3 is 25.4 Å². The standard InChI is InChI=1S/C29H34BNO7/c1-3-19-14-23-27(29(36)31(28(23)35)21-8-5-7-20(15-21)30(37)38)24(16-32)26(19)25(34)11-10-17(2)12-18-6-4-9-22(33)13-18/h4-9,12-13,15,23-25,27,32-34,37-38H,3,10-11,14,16H2,1-2H3/b17-12+/t23-,24+,25-,27-/m1/s1. The number of hydrogen-bond donors (Lipinski definition) is 5. The molecule has 200 valence electrons. The third-order valence-electron chi connectivity index (χ3n) is 7.69. The zero-order chi connectivity index (χ0) is 27.6. The van der Waals surface area contributed by atoms with Gasteiger partial charge in [0.05, 0.1) is 30.2 Å². The molecule has 2 amide bonds. The van der Waals surface area contributed by atoms with Crippen LogP contribution in [0.2, 0.25) is 0 Å². The molecule has 9 heteroatoms. The van der Waals surface area contributed by atoms with E-state index in [-0.39, 0.29) is 29.4 Å². The lowest BCUT2D eigenvalue weighted by Gasteiger charge is -2.36. The van der Waals surface area contributed by atoms with Crippen LogP contribution in [0.5, 0.6) is 5.75 Å². The summed E-state index contributed by atoms with van der Waals surface area (Å²) in [6, 6.07) is 12.9. The van der Waals surface area contributed by atoms with Crippen molar-refractivity contribution in [3.05, 3.63) is 70.8 Å². The van der Waals surface area contributed by atoms with Gasteiger partial charge in [-0.1, -0.05) is 48.4 Å². The Kier molecular flexibility index (Phi) is 8.52. The van der Waals surface area contributed by atoms with Gasteiger partial charge in [0, 0.05) is 5.92 Å². The van der Waals surface area contributed by atoms with Gasteiger partial charge in [-0.05, 0) is 73.5 Å². The molecule has 8 nitrogen and oxygen atoms in total. The van der Waals surface area contributed by atoms with Crippen molar-refractivity contribution in [3.8, 4) is 5.75 Å². The molecule has 0 bridgehead atoms. The lowest BCUT2D eigenvalue weighted by molar-refractivity contribution is -0.123. The fourth-order valence-corrected chi connectivity index (χ4v) is 5.87. The molecule has 0 spiro atoms. The smallest absolute Gasteiger partial charge is 0.488 e. The van der Waals surface area contributed by atoms with Gasteiger partial charge in [0.1, 0.15) is 5.75 Å². The highest BCUT2D eigenvalue weighted by Crippen LogP contribution is 2.47. The number of hydrogen-bond acceptors (Lipinski definition) is 7. The van der Waals surface area contributed by atoms with E-state index in [1.165, 1.54) is 12.1 Å². The molecule has 2 aromatic carbocycles. The summed E-state index contributed by atoms with van der Waals surface area (Å²) < 4.78 is 0. The van der Waals surface area contributed by atoms with Gasteiger partial charge in [-0.3, -0.25) is 14.5 Å². The molecule has 4 rings (SSSR count). The molecule has 2 aliphatic rings. The minimum Gasteiger partial charge on any atom is -0.508 e. The minimum absolute atomic E-state index is 0.161. The summed E-state index contributed by atoms with van der Waals surface area (Å²) in [6.07, 6.45) is 2.91. The van der Waals surface area contributed by atoms with Crippen LogP contribution in [0.1, 0.15) is 45.1 Å². The largest absolute Gasteiger partial charge is 0.508 e. The molecule has 0 unspecified atom stereocenters. The Morgan fingerprint density at radius 1 is 1.13 bits per heavy atom. The molecule has 2 aromatic rings. The van der Waals surface area contributed by atoms with Crippen LogP contribution >= 0.6 is 0 Å². The van der Waals surface area contributed by atoms with Gasteiger partial charge >= 0.3 is 7.12 Å². The summed E-state index contributed by atoms with van der Waals surface area (Å²) in [5, 5.41) is 50.5. The predicted octanol–water partition coefficient (Wildman–Crippen LogP) is 2.14. The van der Waals surface area contributed by atoms with Crippen LogP contribution in [0.3, 0.4) is 0 Å². The maximum atomic E-state index is 13.6. The summed E-state index contributed by atoms with van der Waals surface area (Å²) in [7, 11) is -1.74. The maximum Gasteiger partial charge on any atom is 0.488 e. The third kappa shape index (κ3) is 5.47. The molecule has 4 atom stereocenters. The molecule has 1 saturated heterocycles. The van der Waals surface area contributed by atoms with Gasteiger partial charge in [-0.15, -0.1) is 0 Å². The van der Waals surface area contributed by atoms with Crippen LogP contribution in [0.25, 0.3) is 6.08 Å². The number of fused-ring (bicyclic) bond motifs is 1. The number of anilines is 1. The second-order valence-corrected chi connectivity index (χ2v) is 10.2. The van der Waals surface area contributed by atoms with Crippen molar-refractivity contribution >= 4 is 36.2 Å². The highest BCUT2D eigenvalue weighted by Gasteiger charge is 2.55. The fourth-order valence-electron chi connectivity index (χ4n) is 5.87. The molecule has 0 radical (unpaired) electrons. The van der Waals surface area contributed by atoms with Crippen LogP contribution in [-0.4, -0.2) is 57.0 Å². The quantitative estimate of drug-likeness (QED) is 0.194. The number of aliphatic hydroxyl groups is 2. The van der Waals surface area contributed by atoms with E-state index >= 15 is 0 Å². The number of benzene rings is 2. The zero-order valence-electron chi connectivity index (χ0n) is 21.6. The molecule has 0 aromatic heterocycles. The summed E-state index contributed by atoms with van der Waals surface area (Å²) in [5.74, 6) is -2.81. The lowest BCUT2D eigenvalue weighted by atomic mass is 9.67. The van der Waals surface area contributed by atoms with Crippen LogP contribution in [-0.2, 0) is 9.59 Å². The molecule has 1 fully saturated rings. The normalized spacial score (nSPS) is 22.6. The Labute approximate surface area is 222 Å². The Morgan fingerprint density at radius 2 is 1.87 bits per heavy atom. The van der Waals surface area contributed by atoms with E-state index in [9.17, 15) is 35.0 Å². The Bertz CT molecular complexity index is 1270. The second-order valence-electron chi connectivity index (χ2n) is 10.2. The highest BCUT2D eigenvalue weighted by molar-refractivity contribution is 6.58. The first-order valence-electron chi connectivity index (χ1n) is 13.0. The monoisotopic (exact) mass is 519 g/mol. The van der Waals surface area contributed by atoms with Crippen molar-refractivity contribution in [3.63, 3.8) is 0 Å². The summed E-state index contributed by atoms with van der Waals surface area (Å²) >= 11 is 0. The van der Waals surface area contributed by atoms with Crippen molar-refractivity contribution in [1.82, 2.24) is 0 Å². The topological polar surface area (TPSA) is 139 Å². The van der Waals surface area contributed by atoms with Crippen molar-refractivity contribution in [2.45, 2.75) is 45.6 Å². The Hall–Kier alpha value is -3.24. The number of rotatable bonds is 9. The van der Waals surface area contributed by atoms with E-state index in [0.717, 1.165) is 21.6 Å². The Morgan fingerprint density at radius 3 is 2.53 bits per heavy atom. The van der Waals surface area contributed by atoms with E-state index in [1.54, 1.807) is 30.3 Å². The third-order valence-corrected chi connectivity index (χ3v) is 7.69. The van der Waals surface area contributed by atoms with E-state index in [4.69, 9.17) is 0 Å². The molecule has 1 aliphatic heterocycles. The first-order chi connectivity index (χ1) is 18.2. The van der Waals surface area contributed by atoms with Gasteiger partial charge in [0.2, 0.25) is 11.8 Å². The van der Waals surface area contributed by atoms with Gasteiger partial charge in [0.15, 0.2) is 0 Å². The predicted molar refractivity (Wildman–Crippen MR) is 145 cm³/mol. The van der Waals surface area contributed by atoms with Crippen LogP contribution < -0.4 is 10.4 Å². The first kappa shape index (κ1) is 27.8. The van der Waals surface area contributed by atoms with Gasteiger partial charge in [0.25, 0.3) is 0 Å². The fraction of sp³-hybridized carbons (Fsp3) is 0.379. The molecule has 1 aliphatic carbocycles. The van der Waals surface area contributed by atoms with Crippen molar-refractivity contribution in [2.24, 2.45) is 17.8 Å². The second kappa shape index (κ2) is 11.7. The number of nitrogens with zero attached hydrogens (tertiary/aromatic N) is 1. The number of phenols is 1. The van der Waals surface area contributed by atoms with E-state index in [1.807, 2.05) is 26.0 Å². The van der Waals surface area contributed by atoms with E-state index in [2.05, 4.69) is 0 Å². The number of aliphatic hydroxyl groups excluding tert-OH is 2. The molecule has 0 saturated carbocycles. The molecule has 5 N–H and O–H groups in total. The molecule has 38 heavy (non-hydrogen) atoms. The molecule has 1 heterocycles. The number of amides is 2. The average Bonchev–Trinajstić information content (AvgIpc) is 3.15. The van der Waals surface area contributed by atoms with E-state index < -0.39 is 36.9 Å². The Balaban J connectivity index is 1.57. The summed E-state index contributed by atoms with van der Waals surface area (Å²) in [5.41, 5.74) is 3.80. The summed E-state index contributed by atoms with van der Waals surface area (Å²) in [6.45, 7) is 3.51. The van der Waals surface area contributed by atoms with Gasteiger partial charge in [-0.2, -0.15) is 0 Å². The number of phenolic OH excluding ortho intramolecular Hbond substituents is 1. The van der Waals surface area contributed by atoms with Crippen LogP contribution in [0.15, 0.2) is 65.3 Å². The minimum atomic E-state index is -1.74. The van der Waals surface area contributed by atoms with Crippen molar-refractivity contribution in [1.29, 1.82) is 0 Å². The summed E-state index contributed by atoms with van der Waals surface area (Å²) in [4.78, 5) is 28.1. The van der Waals surface area contributed by atoms with Crippen molar-refractivity contribution in [2.75, 3.05) is 11.5 Å². The SMILES string of the molecule is CCC1=C([C@H](O)CC/C(C)=C/c2cccc(O)c2)[C@H](CO)[C@@H]2C(=O)N(c3cccc(B(O)O)c3)C(=O)[C@@H]2C1. The lowest BCUT2D eigenvalue weighted by Crippen LogP contribution is -2.39. The number of carbonyl (C=O) groups excluding carboxylic acids is 2. The van der Waals surface area contributed by atoms with Gasteiger partial charge in [-0.25, -0.2) is 0 Å². The number of imide groups is 1. The average molecular weight is 519 g/mol. The number of carbonyl (C=O) groups is 2. The van der Waals surface area contributed by atoms with Crippen LogP contribution in [0, 0.1) is 17.8 Å². The first-order valence-corrected chi connectivity index (χ1v) is 13.0. The van der Waals surface area contributed by atoms with Crippen molar-refractivity contribution < 1.29 is 35.0 Å². The van der Waals surface area contributed by atoms with E-state index in [0.29, 0.717) is 31.3 Å². The highest BCUT2D eigenvalue weighted by atomic mass is 16.4. The molecular weight excluding hydrogens is 485 g/mol. The molecular formula is C29H34BNO7. The number of allylic oxidation sites excluding steroid dienone is 2. The number of aromatic hydroxyl groups is 1. The maximum absolute atomic E-state index is 13.6. The zero-order valence-corrected chi connectivity index (χ0v) is 21.6. The van der Waals surface area contributed by atoms with Crippen LogP contribution in [0.4, 0.5) is 5.69 Å².